The van der Waals surface area contributed by atoms with Crippen LogP contribution in [0.4, 0.5) is 21.8 Å². The van der Waals surface area contributed by atoms with Gasteiger partial charge in [0.05, 0.1) is 29.6 Å². The van der Waals surface area contributed by atoms with Gasteiger partial charge in [0, 0.05) is 38.9 Å². The van der Waals surface area contributed by atoms with E-state index in [1.54, 1.807) is 24.5 Å². The molecule has 1 aliphatic rings. The Labute approximate surface area is 212 Å². The molecule has 3 aromatic heterocycles. The van der Waals surface area contributed by atoms with Gasteiger partial charge in [0.2, 0.25) is 5.95 Å². The molecule has 37 heavy (non-hydrogen) atoms. The maximum Gasteiger partial charge on any atom is 0.226 e. The molecule has 5 aromatic rings. The molecule has 0 radical (unpaired) electrons. The van der Waals surface area contributed by atoms with Crippen LogP contribution in [0.15, 0.2) is 55.2 Å². The van der Waals surface area contributed by atoms with Crippen LogP contribution in [0.3, 0.4) is 0 Å². The highest BCUT2D eigenvalue weighted by Crippen LogP contribution is 2.31. The monoisotopic (exact) mass is 499 g/mol. The normalized spacial score (nSPS) is 17.4. The third-order valence-electron chi connectivity index (χ3n) is 6.65. The average Bonchev–Trinajstić information content (AvgIpc) is 3.50. The van der Waals surface area contributed by atoms with Crippen molar-refractivity contribution in [2.24, 2.45) is 7.05 Å². The van der Waals surface area contributed by atoms with Gasteiger partial charge in [0.1, 0.15) is 35.0 Å². The standard InChI is InChI=1S/C26H26FN9O/c1-15-8-16(4-7-23(15)37-17-5-6-21-19(9-17)32-14-35(21)2)33-25-24-20(30-13-31-25)11-29-26(34-24)36(3)22-12-28-10-18(22)27/h4-9,11,13-14,18,22,28H,10,12H2,1-3H3,(H,30,31,33)/t18-,22+/m1/s1. The predicted molar refractivity (Wildman–Crippen MR) is 140 cm³/mol. The van der Waals surface area contributed by atoms with Crippen molar-refractivity contribution in [3.8, 4) is 11.5 Å². The van der Waals surface area contributed by atoms with Gasteiger partial charge in [0.15, 0.2) is 5.82 Å². The molecule has 2 aromatic carbocycles. The van der Waals surface area contributed by atoms with E-state index >= 15 is 0 Å². The second kappa shape index (κ2) is 9.25. The Morgan fingerprint density at radius 3 is 2.78 bits per heavy atom. The molecular formula is C26H26FN9O. The Bertz CT molecular complexity index is 1600. The van der Waals surface area contributed by atoms with Gasteiger partial charge in [-0.25, -0.2) is 29.3 Å². The van der Waals surface area contributed by atoms with Crippen molar-refractivity contribution >= 4 is 39.5 Å². The van der Waals surface area contributed by atoms with Gasteiger partial charge < -0.3 is 24.8 Å². The average molecular weight is 500 g/mol. The van der Waals surface area contributed by atoms with E-state index in [1.165, 1.54) is 6.33 Å². The van der Waals surface area contributed by atoms with Gasteiger partial charge in [-0.05, 0) is 42.8 Å². The van der Waals surface area contributed by atoms with E-state index in [-0.39, 0.29) is 6.04 Å². The molecule has 0 bridgehead atoms. The minimum absolute atomic E-state index is 0.327. The summed E-state index contributed by atoms with van der Waals surface area (Å²) in [6.07, 6.45) is 3.90. The fraction of sp³-hybridized carbons (Fsp3) is 0.269. The molecule has 0 saturated carbocycles. The lowest BCUT2D eigenvalue weighted by molar-refractivity contribution is 0.325. The van der Waals surface area contributed by atoms with Crippen molar-refractivity contribution in [2.75, 3.05) is 30.4 Å². The summed E-state index contributed by atoms with van der Waals surface area (Å²) in [7, 11) is 3.76. The smallest absolute Gasteiger partial charge is 0.226 e. The lowest BCUT2D eigenvalue weighted by Gasteiger charge is -2.25. The van der Waals surface area contributed by atoms with Gasteiger partial charge in [-0.1, -0.05) is 0 Å². The molecule has 2 N–H and O–H groups in total. The second-order valence-corrected chi connectivity index (χ2v) is 9.19. The lowest BCUT2D eigenvalue weighted by atomic mass is 10.2. The number of anilines is 3. The topological polar surface area (TPSA) is 106 Å². The van der Waals surface area contributed by atoms with E-state index in [2.05, 4.69) is 35.6 Å². The Morgan fingerprint density at radius 2 is 1.97 bits per heavy atom. The number of aryl methyl sites for hydroxylation is 2. The van der Waals surface area contributed by atoms with Crippen molar-refractivity contribution in [2.45, 2.75) is 19.1 Å². The van der Waals surface area contributed by atoms with E-state index in [0.717, 1.165) is 33.8 Å². The van der Waals surface area contributed by atoms with E-state index < -0.39 is 6.17 Å². The molecule has 1 aliphatic heterocycles. The van der Waals surface area contributed by atoms with Crippen molar-refractivity contribution in [1.29, 1.82) is 0 Å². The first-order valence-electron chi connectivity index (χ1n) is 12.0. The third-order valence-corrected chi connectivity index (χ3v) is 6.65. The number of benzene rings is 2. The maximum atomic E-state index is 14.3. The van der Waals surface area contributed by atoms with Crippen LogP contribution >= 0.6 is 0 Å². The van der Waals surface area contributed by atoms with Gasteiger partial charge in [-0.3, -0.25) is 0 Å². The summed E-state index contributed by atoms with van der Waals surface area (Å²) >= 11 is 0. The number of nitrogens with one attached hydrogen (secondary N) is 2. The van der Waals surface area contributed by atoms with Crippen molar-refractivity contribution in [3.05, 3.63) is 60.8 Å². The van der Waals surface area contributed by atoms with E-state index in [0.29, 0.717) is 35.9 Å². The van der Waals surface area contributed by atoms with Crippen LogP contribution in [0.5, 0.6) is 11.5 Å². The molecule has 0 amide bonds. The highest BCUT2D eigenvalue weighted by atomic mass is 19.1. The number of ether oxygens (including phenoxy) is 1. The van der Waals surface area contributed by atoms with Crippen LogP contribution in [0, 0.1) is 6.92 Å². The number of imidazole rings is 1. The Hall–Kier alpha value is -4.38. The number of nitrogens with zero attached hydrogens (tertiary/aromatic N) is 7. The van der Waals surface area contributed by atoms with Gasteiger partial charge in [-0.15, -0.1) is 0 Å². The number of likely N-dealkylation sites (N-methyl/N-ethyl adjacent to an activating group) is 1. The van der Waals surface area contributed by atoms with Crippen LogP contribution in [-0.2, 0) is 7.05 Å². The molecule has 6 rings (SSSR count). The first kappa shape index (κ1) is 23.0. The highest BCUT2D eigenvalue weighted by molar-refractivity contribution is 5.87. The predicted octanol–water partition coefficient (Wildman–Crippen LogP) is 3.90. The zero-order valence-corrected chi connectivity index (χ0v) is 20.7. The molecule has 0 aliphatic carbocycles. The molecule has 0 spiro atoms. The highest BCUT2D eigenvalue weighted by Gasteiger charge is 2.31. The summed E-state index contributed by atoms with van der Waals surface area (Å²) < 4.78 is 22.4. The molecule has 1 saturated heterocycles. The number of hydrogen-bond acceptors (Lipinski definition) is 9. The van der Waals surface area contributed by atoms with Crippen LogP contribution in [0.1, 0.15) is 5.56 Å². The van der Waals surface area contributed by atoms with Crippen LogP contribution in [-0.4, -0.2) is 61.8 Å². The SMILES string of the molecule is Cc1cc(Nc2ncnc3cnc(N(C)[C@H]4CNC[C@H]4F)nc23)ccc1Oc1ccc2c(c1)ncn2C. The van der Waals surface area contributed by atoms with Crippen LogP contribution in [0.25, 0.3) is 22.1 Å². The summed E-state index contributed by atoms with van der Waals surface area (Å²) in [6.45, 7) is 2.85. The summed E-state index contributed by atoms with van der Waals surface area (Å²) in [6, 6.07) is 11.3. The Morgan fingerprint density at radius 1 is 1.08 bits per heavy atom. The quantitative estimate of drug-likeness (QED) is 0.360. The molecule has 0 unspecified atom stereocenters. The fourth-order valence-corrected chi connectivity index (χ4v) is 4.55. The molecule has 188 valence electrons. The van der Waals surface area contributed by atoms with E-state index in [4.69, 9.17) is 4.74 Å². The number of halogens is 1. The molecule has 2 atom stereocenters. The first-order chi connectivity index (χ1) is 18.0. The number of rotatable bonds is 6. The number of hydrogen-bond donors (Lipinski definition) is 2. The maximum absolute atomic E-state index is 14.3. The zero-order chi connectivity index (χ0) is 25.5. The largest absolute Gasteiger partial charge is 0.457 e. The third kappa shape index (κ3) is 4.38. The molecule has 10 nitrogen and oxygen atoms in total. The second-order valence-electron chi connectivity index (χ2n) is 9.19. The number of alkyl halides is 1. The van der Waals surface area contributed by atoms with Crippen LogP contribution < -0.4 is 20.3 Å². The minimum atomic E-state index is -0.983. The van der Waals surface area contributed by atoms with Crippen molar-refractivity contribution in [1.82, 2.24) is 34.8 Å². The van der Waals surface area contributed by atoms with Gasteiger partial charge in [-0.2, -0.15) is 0 Å². The Balaban J connectivity index is 1.24. The van der Waals surface area contributed by atoms with E-state index in [1.807, 2.05) is 54.9 Å². The van der Waals surface area contributed by atoms with Gasteiger partial charge >= 0.3 is 0 Å². The summed E-state index contributed by atoms with van der Waals surface area (Å²) in [5, 5.41) is 6.40. The number of aromatic nitrogens is 6. The summed E-state index contributed by atoms with van der Waals surface area (Å²) in [5.74, 6) is 2.42. The van der Waals surface area contributed by atoms with Gasteiger partial charge in [0.25, 0.3) is 0 Å². The minimum Gasteiger partial charge on any atom is -0.457 e. The zero-order valence-electron chi connectivity index (χ0n) is 20.7. The molecule has 4 heterocycles. The molecule has 1 fully saturated rings. The first-order valence-corrected chi connectivity index (χ1v) is 12.0. The van der Waals surface area contributed by atoms with Crippen LogP contribution in [0.2, 0.25) is 0 Å². The van der Waals surface area contributed by atoms with Crippen molar-refractivity contribution < 1.29 is 9.13 Å². The molecule has 11 heteroatoms. The molecular weight excluding hydrogens is 473 g/mol. The van der Waals surface area contributed by atoms with E-state index in [9.17, 15) is 4.39 Å². The lowest BCUT2D eigenvalue weighted by Crippen LogP contribution is -2.40. The fourth-order valence-electron chi connectivity index (χ4n) is 4.55. The van der Waals surface area contributed by atoms with Crippen molar-refractivity contribution in [3.63, 3.8) is 0 Å². The summed E-state index contributed by atoms with van der Waals surface area (Å²) in [4.78, 5) is 23.9. The number of fused-ring (bicyclic) bond motifs is 2. The summed E-state index contributed by atoms with van der Waals surface area (Å²) in [5.41, 5.74) is 4.85. The Kier molecular flexibility index (Phi) is 5.76.